The van der Waals surface area contributed by atoms with Crippen LogP contribution in [0.1, 0.15) is 23.6 Å². The molecule has 19 heavy (non-hydrogen) atoms. The van der Waals surface area contributed by atoms with Crippen molar-refractivity contribution in [2.75, 3.05) is 19.8 Å². The van der Waals surface area contributed by atoms with Crippen LogP contribution < -0.4 is 5.32 Å². The summed E-state index contributed by atoms with van der Waals surface area (Å²) in [6.07, 6.45) is -2.37. The Bertz CT molecular complexity index is 436. The smallest absolute Gasteiger partial charge is 0.371 e. The van der Waals surface area contributed by atoms with Crippen molar-refractivity contribution in [2.24, 2.45) is 0 Å². The van der Waals surface area contributed by atoms with E-state index in [-0.39, 0.29) is 12.6 Å². The van der Waals surface area contributed by atoms with Crippen molar-refractivity contribution in [3.8, 4) is 0 Å². The summed E-state index contributed by atoms with van der Waals surface area (Å²) in [5, 5.41) is 3.92. The predicted octanol–water partition coefficient (Wildman–Crippen LogP) is 3.50. The molecule has 0 bridgehead atoms. The number of hydrogen-bond donors (Lipinski definition) is 1. The Morgan fingerprint density at radius 1 is 1.37 bits per heavy atom. The average Bonchev–Trinajstić information content (AvgIpc) is 2.69. The van der Waals surface area contributed by atoms with Gasteiger partial charge in [0.05, 0.1) is 6.61 Å². The molecule has 1 atom stereocenters. The topological polar surface area (TPSA) is 21.3 Å². The first-order valence-electron chi connectivity index (χ1n) is 6.12. The van der Waals surface area contributed by atoms with Crippen LogP contribution in [0, 0.1) is 0 Å². The van der Waals surface area contributed by atoms with E-state index >= 15 is 0 Å². The average molecular weight is 294 g/mol. The molecule has 1 N–H and O–H groups in total. The van der Waals surface area contributed by atoms with Gasteiger partial charge in [-0.05, 0) is 36.1 Å². The molecule has 1 aromatic rings. The Morgan fingerprint density at radius 2 is 2.16 bits per heavy atom. The SMILES string of the molecule is FC(F)(F)COCCNC1CCc2cc(Cl)ccc21. The highest BCUT2D eigenvalue weighted by Gasteiger charge is 2.27. The summed E-state index contributed by atoms with van der Waals surface area (Å²) in [7, 11) is 0. The molecular formula is C13H15ClF3NO. The van der Waals surface area contributed by atoms with Crippen molar-refractivity contribution >= 4 is 11.6 Å². The molecule has 0 aromatic heterocycles. The van der Waals surface area contributed by atoms with Gasteiger partial charge in [0.15, 0.2) is 0 Å². The number of ether oxygens (including phenoxy) is 1. The Kier molecular flexibility index (Phi) is 4.71. The number of alkyl halides is 3. The van der Waals surface area contributed by atoms with Crippen LogP contribution in [0.2, 0.25) is 5.02 Å². The molecule has 0 saturated heterocycles. The fourth-order valence-electron chi connectivity index (χ4n) is 2.29. The standard InChI is InChI=1S/C13H15ClF3NO/c14-10-2-3-11-9(7-10)1-4-12(11)18-5-6-19-8-13(15,16)17/h2-3,7,12,18H,1,4-6,8H2. The van der Waals surface area contributed by atoms with Gasteiger partial charge in [-0.2, -0.15) is 13.2 Å². The molecule has 1 aromatic carbocycles. The maximum absolute atomic E-state index is 11.9. The van der Waals surface area contributed by atoms with E-state index in [0.29, 0.717) is 11.6 Å². The van der Waals surface area contributed by atoms with E-state index in [2.05, 4.69) is 10.1 Å². The zero-order valence-electron chi connectivity index (χ0n) is 10.3. The fourth-order valence-corrected chi connectivity index (χ4v) is 2.49. The zero-order chi connectivity index (χ0) is 13.9. The summed E-state index contributed by atoms with van der Waals surface area (Å²) >= 11 is 5.91. The van der Waals surface area contributed by atoms with E-state index < -0.39 is 12.8 Å². The molecule has 1 aliphatic rings. The second-order valence-electron chi connectivity index (χ2n) is 4.56. The number of fused-ring (bicyclic) bond motifs is 1. The maximum Gasteiger partial charge on any atom is 0.411 e. The van der Waals surface area contributed by atoms with E-state index in [1.165, 1.54) is 11.1 Å². The van der Waals surface area contributed by atoms with Gasteiger partial charge in [0.25, 0.3) is 0 Å². The molecule has 0 fully saturated rings. The lowest BCUT2D eigenvalue weighted by molar-refractivity contribution is -0.173. The van der Waals surface area contributed by atoms with Gasteiger partial charge in [-0.15, -0.1) is 0 Å². The summed E-state index contributed by atoms with van der Waals surface area (Å²) in [5.41, 5.74) is 2.39. The van der Waals surface area contributed by atoms with Crippen molar-refractivity contribution in [1.82, 2.24) is 5.32 Å². The van der Waals surface area contributed by atoms with Gasteiger partial charge < -0.3 is 10.1 Å². The maximum atomic E-state index is 11.9. The van der Waals surface area contributed by atoms with Gasteiger partial charge in [-0.1, -0.05) is 17.7 Å². The number of nitrogens with one attached hydrogen (secondary N) is 1. The summed E-state index contributed by atoms with van der Waals surface area (Å²) in [6, 6.07) is 5.93. The van der Waals surface area contributed by atoms with Crippen LogP contribution >= 0.6 is 11.6 Å². The Morgan fingerprint density at radius 3 is 2.89 bits per heavy atom. The summed E-state index contributed by atoms with van der Waals surface area (Å²) < 4.78 is 40.1. The second kappa shape index (κ2) is 6.11. The number of benzene rings is 1. The van der Waals surface area contributed by atoms with Crippen LogP contribution in [0.15, 0.2) is 18.2 Å². The first-order valence-corrected chi connectivity index (χ1v) is 6.50. The molecule has 0 saturated carbocycles. The van der Waals surface area contributed by atoms with E-state index in [1.54, 1.807) is 0 Å². The number of hydrogen-bond acceptors (Lipinski definition) is 2. The molecule has 0 heterocycles. The number of aryl methyl sites for hydroxylation is 1. The fraction of sp³-hybridized carbons (Fsp3) is 0.538. The molecule has 2 nitrogen and oxygen atoms in total. The highest BCUT2D eigenvalue weighted by atomic mass is 35.5. The minimum absolute atomic E-state index is 0.0545. The lowest BCUT2D eigenvalue weighted by Gasteiger charge is -2.14. The third-order valence-corrected chi connectivity index (χ3v) is 3.32. The number of rotatable bonds is 5. The second-order valence-corrected chi connectivity index (χ2v) is 4.99. The molecular weight excluding hydrogens is 279 g/mol. The third-order valence-electron chi connectivity index (χ3n) is 3.09. The zero-order valence-corrected chi connectivity index (χ0v) is 11.0. The van der Waals surface area contributed by atoms with E-state index in [0.717, 1.165) is 12.8 Å². The van der Waals surface area contributed by atoms with Crippen LogP contribution in [-0.4, -0.2) is 25.9 Å². The monoisotopic (exact) mass is 293 g/mol. The van der Waals surface area contributed by atoms with E-state index in [1.807, 2.05) is 18.2 Å². The minimum Gasteiger partial charge on any atom is -0.371 e. The first kappa shape index (κ1) is 14.6. The predicted molar refractivity (Wildman–Crippen MR) is 67.4 cm³/mol. The lowest BCUT2D eigenvalue weighted by atomic mass is 10.1. The quantitative estimate of drug-likeness (QED) is 0.839. The van der Waals surface area contributed by atoms with Gasteiger partial charge in [0, 0.05) is 17.6 Å². The van der Waals surface area contributed by atoms with Crippen LogP contribution in [-0.2, 0) is 11.2 Å². The van der Waals surface area contributed by atoms with Crippen LogP contribution in [0.25, 0.3) is 0 Å². The van der Waals surface area contributed by atoms with Gasteiger partial charge in [0.1, 0.15) is 6.61 Å². The van der Waals surface area contributed by atoms with Gasteiger partial charge in [-0.3, -0.25) is 0 Å². The first-order chi connectivity index (χ1) is 8.96. The van der Waals surface area contributed by atoms with Crippen molar-refractivity contribution in [3.63, 3.8) is 0 Å². The highest BCUT2D eigenvalue weighted by Crippen LogP contribution is 2.32. The summed E-state index contributed by atoms with van der Waals surface area (Å²) in [5.74, 6) is 0. The minimum atomic E-state index is -4.25. The molecule has 0 aliphatic heterocycles. The van der Waals surface area contributed by atoms with Gasteiger partial charge in [0.2, 0.25) is 0 Å². The van der Waals surface area contributed by atoms with Crippen LogP contribution in [0.4, 0.5) is 13.2 Å². The number of halogens is 4. The van der Waals surface area contributed by atoms with Crippen molar-refractivity contribution < 1.29 is 17.9 Å². The van der Waals surface area contributed by atoms with Gasteiger partial charge in [-0.25, -0.2) is 0 Å². The highest BCUT2D eigenvalue weighted by molar-refractivity contribution is 6.30. The van der Waals surface area contributed by atoms with Gasteiger partial charge >= 0.3 is 6.18 Å². The van der Waals surface area contributed by atoms with Crippen LogP contribution in [0.3, 0.4) is 0 Å². The molecule has 1 unspecified atom stereocenters. The molecule has 2 rings (SSSR count). The molecule has 0 amide bonds. The molecule has 6 heteroatoms. The Labute approximate surface area is 114 Å². The molecule has 0 radical (unpaired) electrons. The third kappa shape index (κ3) is 4.37. The Hall–Kier alpha value is -0.780. The molecule has 106 valence electrons. The molecule has 0 spiro atoms. The summed E-state index contributed by atoms with van der Waals surface area (Å²) in [6.45, 7) is -0.729. The largest absolute Gasteiger partial charge is 0.411 e. The van der Waals surface area contributed by atoms with Crippen molar-refractivity contribution in [1.29, 1.82) is 0 Å². The van der Waals surface area contributed by atoms with Crippen LogP contribution in [0.5, 0.6) is 0 Å². The van der Waals surface area contributed by atoms with E-state index in [4.69, 9.17) is 11.6 Å². The Balaban J connectivity index is 1.74. The van der Waals surface area contributed by atoms with E-state index in [9.17, 15) is 13.2 Å². The normalized spacial score (nSPS) is 18.6. The molecule has 1 aliphatic carbocycles. The van der Waals surface area contributed by atoms with Crippen molar-refractivity contribution in [3.05, 3.63) is 34.3 Å². The lowest BCUT2D eigenvalue weighted by Crippen LogP contribution is -2.26. The van der Waals surface area contributed by atoms with Crippen molar-refractivity contribution in [2.45, 2.75) is 25.1 Å². The summed E-state index contributed by atoms with van der Waals surface area (Å²) in [4.78, 5) is 0.